The van der Waals surface area contributed by atoms with E-state index in [4.69, 9.17) is 0 Å². The number of nitrogens with one attached hydrogen (secondary N) is 1. The summed E-state index contributed by atoms with van der Waals surface area (Å²) in [5.74, 6) is 0. The Morgan fingerprint density at radius 1 is 1.24 bits per heavy atom. The molecule has 3 nitrogen and oxygen atoms in total. The summed E-state index contributed by atoms with van der Waals surface area (Å²) in [6.07, 6.45) is 3.38. The van der Waals surface area contributed by atoms with Gasteiger partial charge < -0.3 is 5.32 Å². The lowest BCUT2D eigenvalue weighted by molar-refractivity contribution is 0.609. The standard InChI is InChI=1S/C12H12BrN3S/c13-11-15-16-12(17-11)14-10-6-5-8-3-1-2-4-9(8)7-10/h1-4,10H,5-7H2,(H,14,16). The largest absolute Gasteiger partial charge is 0.357 e. The molecule has 0 amide bonds. The number of aryl methyl sites for hydroxylation is 1. The van der Waals surface area contributed by atoms with E-state index in [2.05, 4.69) is 55.7 Å². The Morgan fingerprint density at radius 2 is 2.06 bits per heavy atom. The Balaban J connectivity index is 1.72. The molecule has 88 valence electrons. The molecule has 0 saturated heterocycles. The van der Waals surface area contributed by atoms with E-state index in [1.54, 1.807) is 11.3 Å². The van der Waals surface area contributed by atoms with Crippen LogP contribution in [0, 0.1) is 0 Å². The first-order valence-electron chi connectivity index (χ1n) is 5.63. The van der Waals surface area contributed by atoms with Crippen LogP contribution in [0.25, 0.3) is 0 Å². The topological polar surface area (TPSA) is 37.8 Å². The molecule has 1 aliphatic carbocycles. The summed E-state index contributed by atoms with van der Waals surface area (Å²) in [5.41, 5.74) is 2.95. The molecule has 17 heavy (non-hydrogen) atoms. The van der Waals surface area contributed by atoms with Gasteiger partial charge in [-0.1, -0.05) is 35.6 Å². The minimum Gasteiger partial charge on any atom is -0.357 e. The van der Waals surface area contributed by atoms with Crippen LogP contribution < -0.4 is 5.32 Å². The zero-order valence-electron chi connectivity index (χ0n) is 9.19. The predicted molar refractivity (Wildman–Crippen MR) is 73.5 cm³/mol. The summed E-state index contributed by atoms with van der Waals surface area (Å²) in [4.78, 5) is 0. The van der Waals surface area contributed by atoms with Gasteiger partial charge in [-0.3, -0.25) is 0 Å². The average molecular weight is 310 g/mol. The lowest BCUT2D eigenvalue weighted by Crippen LogP contribution is -2.27. The van der Waals surface area contributed by atoms with Gasteiger partial charge in [-0.05, 0) is 46.3 Å². The van der Waals surface area contributed by atoms with Gasteiger partial charge in [-0.15, -0.1) is 10.2 Å². The maximum absolute atomic E-state index is 4.08. The van der Waals surface area contributed by atoms with Gasteiger partial charge >= 0.3 is 0 Å². The first-order valence-corrected chi connectivity index (χ1v) is 7.24. The molecule has 0 radical (unpaired) electrons. The van der Waals surface area contributed by atoms with Crippen molar-refractivity contribution >= 4 is 32.4 Å². The smallest absolute Gasteiger partial charge is 0.206 e. The van der Waals surface area contributed by atoms with E-state index in [0.717, 1.165) is 28.3 Å². The summed E-state index contributed by atoms with van der Waals surface area (Å²) in [5, 5.41) is 12.4. The Hall–Kier alpha value is -0.940. The lowest BCUT2D eigenvalue weighted by atomic mass is 9.88. The molecule has 1 atom stereocenters. The molecule has 1 N–H and O–H groups in total. The average Bonchev–Trinajstić information content (AvgIpc) is 2.75. The second-order valence-corrected chi connectivity index (χ2v) is 6.47. The monoisotopic (exact) mass is 309 g/mol. The molecule has 0 bridgehead atoms. The quantitative estimate of drug-likeness (QED) is 0.925. The van der Waals surface area contributed by atoms with Crippen LogP contribution >= 0.6 is 27.3 Å². The van der Waals surface area contributed by atoms with Gasteiger partial charge in [0, 0.05) is 6.04 Å². The van der Waals surface area contributed by atoms with Crippen LogP contribution in [-0.2, 0) is 12.8 Å². The number of benzene rings is 1. The number of hydrogen-bond donors (Lipinski definition) is 1. The van der Waals surface area contributed by atoms with Crippen molar-refractivity contribution < 1.29 is 0 Å². The first-order chi connectivity index (χ1) is 8.31. The van der Waals surface area contributed by atoms with E-state index in [9.17, 15) is 0 Å². The molecule has 1 aromatic carbocycles. The van der Waals surface area contributed by atoms with Crippen LogP contribution in [0.2, 0.25) is 0 Å². The zero-order chi connectivity index (χ0) is 11.7. The van der Waals surface area contributed by atoms with E-state index in [1.807, 2.05) is 0 Å². The van der Waals surface area contributed by atoms with Crippen LogP contribution in [-0.4, -0.2) is 16.2 Å². The van der Waals surface area contributed by atoms with Crippen LogP contribution in [0.4, 0.5) is 5.13 Å². The number of rotatable bonds is 2. The molecule has 1 aromatic heterocycles. The van der Waals surface area contributed by atoms with Crippen molar-refractivity contribution in [1.82, 2.24) is 10.2 Å². The molecular formula is C12H12BrN3S. The number of aromatic nitrogens is 2. The molecule has 3 rings (SSSR count). The fraction of sp³-hybridized carbons (Fsp3) is 0.333. The van der Waals surface area contributed by atoms with Gasteiger partial charge in [0.1, 0.15) is 0 Å². The Kier molecular flexibility index (Phi) is 3.11. The van der Waals surface area contributed by atoms with E-state index < -0.39 is 0 Å². The van der Waals surface area contributed by atoms with Crippen LogP contribution in [0.1, 0.15) is 17.5 Å². The predicted octanol–water partition coefficient (Wildman–Crippen LogP) is 3.27. The Morgan fingerprint density at radius 3 is 2.82 bits per heavy atom. The number of nitrogens with zero attached hydrogens (tertiary/aromatic N) is 2. The highest BCUT2D eigenvalue weighted by Crippen LogP contribution is 2.26. The third kappa shape index (κ3) is 2.50. The maximum Gasteiger partial charge on any atom is 0.206 e. The van der Waals surface area contributed by atoms with Crippen molar-refractivity contribution in [2.75, 3.05) is 5.32 Å². The number of halogens is 1. The van der Waals surface area contributed by atoms with Crippen LogP contribution in [0.15, 0.2) is 28.2 Å². The lowest BCUT2D eigenvalue weighted by Gasteiger charge is -2.24. The summed E-state index contributed by atoms with van der Waals surface area (Å²) in [6.45, 7) is 0. The van der Waals surface area contributed by atoms with E-state index in [-0.39, 0.29) is 0 Å². The Bertz CT molecular complexity index is 526. The summed E-state index contributed by atoms with van der Waals surface area (Å²) in [6, 6.07) is 9.16. The maximum atomic E-state index is 4.08. The second kappa shape index (κ2) is 4.74. The molecule has 1 unspecified atom stereocenters. The molecule has 1 heterocycles. The molecule has 0 fully saturated rings. The highest BCUT2D eigenvalue weighted by atomic mass is 79.9. The molecule has 5 heteroatoms. The fourth-order valence-corrected chi connectivity index (χ4v) is 3.35. The van der Waals surface area contributed by atoms with Gasteiger partial charge in [0.25, 0.3) is 0 Å². The van der Waals surface area contributed by atoms with Crippen LogP contribution in [0.5, 0.6) is 0 Å². The van der Waals surface area contributed by atoms with Gasteiger partial charge in [0.05, 0.1) is 0 Å². The number of hydrogen-bond acceptors (Lipinski definition) is 4. The summed E-state index contributed by atoms with van der Waals surface area (Å²) < 4.78 is 0.830. The third-order valence-electron chi connectivity index (χ3n) is 3.07. The molecule has 0 saturated carbocycles. The van der Waals surface area contributed by atoms with E-state index in [1.165, 1.54) is 11.1 Å². The van der Waals surface area contributed by atoms with Crippen molar-refractivity contribution in [2.45, 2.75) is 25.3 Å². The zero-order valence-corrected chi connectivity index (χ0v) is 11.6. The molecular weight excluding hydrogens is 298 g/mol. The SMILES string of the molecule is Brc1nnc(NC2CCc3ccccc3C2)s1. The van der Waals surface area contributed by atoms with E-state index >= 15 is 0 Å². The van der Waals surface area contributed by atoms with Crippen molar-refractivity contribution in [3.63, 3.8) is 0 Å². The van der Waals surface area contributed by atoms with Gasteiger partial charge in [0.2, 0.25) is 5.13 Å². The van der Waals surface area contributed by atoms with Gasteiger partial charge in [-0.25, -0.2) is 0 Å². The molecule has 1 aliphatic rings. The van der Waals surface area contributed by atoms with Gasteiger partial charge in [-0.2, -0.15) is 0 Å². The van der Waals surface area contributed by atoms with Crippen molar-refractivity contribution in [2.24, 2.45) is 0 Å². The van der Waals surface area contributed by atoms with Gasteiger partial charge in [0.15, 0.2) is 3.92 Å². The van der Waals surface area contributed by atoms with Crippen molar-refractivity contribution in [3.8, 4) is 0 Å². The highest BCUT2D eigenvalue weighted by molar-refractivity contribution is 9.11. The second-order valence-electron chi connectivity index (χ2n) is 4.21. The summed E-state index contributed by atoms with van der Waals surface area (Å²) in [7, 11) is 0. The van der Waals surface area contributed by atoms with Crippen LogP contribution in [0.3, 0.4) is 0 Å². The van der Waals surface area contributed by atoms with Crippen molar-refractivity contribution in [3.05, 3.63) is 39.3 Å². The van der Waals surface area contributed by atoms with E-state index in [0.29, 0.717) is 6.04 Å². The molecule has 2 aromatic rings. The fourth-order valence-electron chi connectivity index (χ4n) is 2.26. The minimum atomic E-state index is 0.477. The van der Waals surface area contributed by atoms with Crippen molar-refractivity contribution in [1.29, 1.82) is 0 Å². The normalized spacial score (nSPS) is 18.8. The number of anilines is 1. The molecule has 0 aliphatic heterocycles. The minimum absolute atomic E-state index is 0.477. The summed E-state index contributed by atoms with van der Waals surface area (Å²) >= 11 is 4.87. The number of fused-ring (bicyclic) bond motifs is 1. The first kappa shape index (κ1) is 11.2. The molecule has 0 spiro atoms. The third-order valence-corrected chi connectivity index (χ3v) is 4.36. The highest BCUT2D eigenvalue weighted by Gasteiger charge is 2.18. The Labute approximate surface area is 112 Å².